The summed E-state index contributed by atoms with van der Waals surface area (Å²) in [5.74, 6) is 1.36. The van der Waals surface area contributed by atoms with Crippen molar-refractivity contribution in [2.24, 2.45) is 5.10 Å². The molecule has 3 aromatic rings. The molecule has 1 amide bonds. The molecule has 1 aliphatic rings. The third-order valence-corrected chi connectivity index (χ3v) is 6.74. The molecule has 39 heavy (non-hydrogen) atoms. The summed E-state index contributed by atoms with van der Waals surface area (Å²) < 4.78 is 19.0. The van der Waals surface area contributed by atoms with Gasteiger partial charge in [0.1, 0.15) is 5.82 Å². The van der Waals surface area contributed by atoms with Crippen molar-refractivity contribution in [3.8, 4) is 11.5 Å². The Morgan fingerprint density at radius 3 is 2.64 bits per heavy atom. The van der Waals surface area contributed by atoms with Crippen LogP contribution in [0, 0.1) is 0 Å². The molecule has 0 bridgehead atoms. The van der Waals surface area contributed by atoms with E-state index in [0.717, 1.165) is 10.0 Å². The molecule has 0 saturated carbocycles. The number of methoxy groups -OCH3 is 1. The van der Waals surface area contributed by atoms with Gasteiger partial charge < -0.3 is 19.1 Å². The molecular formula is C29H33BrN4O5. The number of halogens is 1. The van der Waals surface area contributed by atoms with Gasteiger partial charge in [0.2, 0.25) is 0 Å². The molecule has 0 unspecified atom stereocenters. The zero-order chi connectivity index (χ0) is 28.2. The lowest BCUT2D eigenvalue weighted by Crippen LogP contribution is -2.43. The predicted molar refractivity (Wildman–Crippen MR) is 155 cm³/mol. The van der Waals surface area contributed by atoms with Gasteiger partial charge in [0.05, 0.1) is 37.4 Å². The Balaban J connectivity index is 1.70. The number of benzene rings is 2. The quantitative estimate of drug-likeness (QED) is 0.284. The van der Waals surface area contributed by atoms with E-state index in [2.05, 4.69) is 27.6 Å². The molecule has 206 valence electrons. The van der Waals surface area contributed by atoms with E-state index < -0.39 is 5.41 Å². The molecular weight excluding hydrogens is 564 g/mol. The number of fused-ring (bicyclic) bond motifs is 1. The fraction of sp³-hybridized carbons (Fsp3) is 0.379. The van der Waals surface area contributed by atoms with Crippen molar-refractivity contribution in [3.63, 3.8) is 0 Å². The number of rotatable bonds is 8. The molecule has 0 atom stereocenters. The van der Waals surface area contributed by atoms with E-state index in [1.807, 2.05) is 39.0 Å². The molecule has 10 heteroatoms. The van der Waals surface area contributed by atoms with Crippen LogP contribution in [0.2, 0.25) is 0 Å². The highest BCUT2D eigenvalue weighted by Crippen LogP contribution is 2.33. The molecule has 0 spiro atoms. The minimum absolute atomic E-state index is 0.111. The van der Waals surface area contributed by atoms with Crippen LogP contribution in [-0.2, 0) is 21.4 Å². The summed E-state index contributed by atoms with van der Waals surface area (Å²) in [5.41, 5.74) is 1.39. The van der Waals surface area contributed by atoms with Crippen molar-refractivity contribution in [2.75, 3.05) is 40.0 Å². The number of morpholine rings is 1. The second-order valence-corrected chi connectivity index (χ2v) is 11.1. The van der Waals surface area contributed by atoms with E-state index >= 15 is 0 Å². The third kappa shape index (κ3) is 6.57. The van der Waals surface area contributed by atoms with Crippen LogP contribution in [0.5, 0.6) is 11.5 Å². The Morgan fingerprint density at radius 2 is 1.97 bits per heavy atom. The molecule has 4 rings (SSSR count). The van der Waals surface area contributed by atoms with Crippen LogP contribution in [0.3, 0.4) is 0 Å². The van der Waals surface area contributed by atoms with Crippen molar-refractivity contribution in [1.82, 2.24) is 14.6 Å². The average Bonchev–Trinajstić information content (AvgIpc) is 2.91. The van der Waals surface area contributed by atoms with Crippen LogP contribution in [0.25, 0.3) is 10.9 Å². The van der Waals surface area contributed by atoms with Crippen molar-refractivity contribution in [3.05, 3.63) is 74.8 Å². The van der Waals surface area contributed by atoms with Gasteiger partial charge in [-0.05, 0) is 42.3 Å². The number of nitrogens with zero attached hydrogens (tertiary/aromatic N) is 4. The van der Waals surface area contributed by atoms with Gasteiger partial charge in [0.25, 0.3) is 11.5 Å². The van der Waals surface area contributed by atoms with Crippen LogP contribution < -0.4 is 15.0 Å². The van der Waals surface area contributed by atoms with Gasteiger partial charge in [-0.2, -0.15) is 9.78 Å². The van der Waals surface area contributed by atoms with E-state index in [1.54, 1.807) is 29.3 Å². The van der Waals surface area contributed by atoms with Gasteiger partial charge in [-0.15, -0.1) is 6.58 Å². The summed E-state index contributed by atoms with van der Waals surface area (Å²) in [5, 5.41) is 5.04. The van der Waals surface area contributed by atoms with Gasteiger partial charge in [0.15, 0.2) is 18.1 Å². The Bertz CT molecular complexity index is 1470. The number of aromatic nitrogens is 2. The topological polar surface area (TPSA) is 95.2 Å². The number of carbonyl (C=O) groups is 1. The summed E-state index contributed by atoms with van der Waals surface area (Å²) in [4.78, 5) is 32.6. The van der Waals surface area contributed by atoms with Gasteiger partial charge in [-0.3, -0.25) is 9.59 Å². The molecule has 2 aromatic carbocycles. The lowest BCUT2D eigenvalue weighted by Gasteiger charge is -2.27. The molecule has 0 N–H and O–H groups in total. The normalized spacial score (nSPS) is 14.1. The summed E-state index contributed by atoms with van der Waals surface area (Å²) in [6.45, 7) is 11.8. The molecule has 1 saturated heterocycles. The summed E-state index contributed by atoms with van der Waals surface area (Å²) >= 11 is 3.44. The Morgan fingerprint density at radius 1 is 1.23 bits per heavy atom. The average molecular weight is 598 g/mol. The van der Waals surface area contributed by atoms with Crippen LogP contribution in [0.1, 0.15) is 37.7 Å². The zero-order valence-electron chi connectivity index (χ0n) is 22.7. The minimum Gasteiger partial charge on any atom is -0.493 e. The molecule has 2 heterocycles. The van der Waals surface area contributed by atoms with Crippen LogP contribution in [0.15, 0.2) is 57.4 Å². The third-order valence-electron chi connectivity index (χ3n) is 6.24. The first-order chi connectivity index (χ1) is 18.6. The van der Waals surface area contributed by atoms with E-state index in [0.29, 0.717) is 66.5 Å². The number of amides is 1. The van der Waals surface area contributed by atoms with Crippen molar-refractivity contribution in [1.29, 1.82) is 0 Å². The maximum atomic E-state index is 13.5. The largest absolute Gasteiger partial charge is 0.493 e. The molecule has 1 fully saturated rings. The predicted octanol–water partition coefficient (Wildman–Crippen LogP) is 4.31. The summed E-state index contributed by atoms with van der Waals surface area (Å²) in [7, 11) is 1.54. The first-order valence-corrected chi connectivity index (χ1v) is 13.5. The Hall–Kier alpha value is -3.50. The number of hydrogen-bond acceptors (Lipinski definition) is 7. The van der Waals surface area contributed by atoms with Crippen LogP contribution in [0.4, 0.5) is 0 Å². The number of hydrogen-bond donors (Lipinski definition) is 0. The van der Waals surface area contributed by atoms with E-state index in [4.69, 9.17) is 19.2 Å². The number of ether oxygens (including phenoxy) is 3. The highest BCUT2D eigenvalue weighted by atomic mass is 79.9. The van der Waals surface area contributed by atoms with Gasteiger partial charge in [-0.25, -0.2) is 4.98 Å². The van der Waals surface area contributed by atoms with E-state index in [-0.39, 0.29) is 18.1 Å². The van der Waals surface area contributed by atoms with Crippen molar-refractivity contribution < 1.29 is 19.0 Å². The summed E-state index contributed by atoms with van der Waals surface area (Å²) in [6, 6.07) is 9.07. The molecule has 1 aromatic heterocycles. The lowest BCUT2D eigenvalue weighted by atomic mass is 9.95. The van der Waals surface area contributed by atoms with E-state index in [9.17, 15) is 9.59 Å². The fourth-order valence-corrected chi connectivity index (χ4v) is 4.65. The first-order valence-electron chi connectivity index (χ1n) is 12.7. The lowest BCUT2D eigenvalue weighted by molar-refractivity contribution is -0.137. The Kier molecular flexibility index (Phi) is 8.87. The van der Waals surface area contributed by atoms with Crippen LogP contribution in [-0.4, -0.2) is 66.7 Å². The van der Waals surface area contributed by atoms with Crippen LogP contribution >= 0.6 is 15.9 Å². The monoisotopic (exact) mass is 596 g/mol. The first kappa shape index (κ1) is 28.5. The SMILES string of the molecule is C=CCc1cc(C=Nn2c(C(C)(C)C)nc3ccc(Br)cc3c2=O)cc(OC)c1OCC(=O)N1CCOCC1. The molecule has 0 radical (unpaired) electrons. The molecule has 1 aliphatic heterocycles. The zero-order valence-corrected chi connectivity index (χ0v) is 24.3. The summed E-state index contributed by atoms with van der Waals surface area (Å²) in [6.07, 6.45) is 3.83. The fourth-order valence-electron chi connectivity index (χ4n) is 4.28. The highest BCUT2D eigenvalue weighted by Gasteiger charge is 2.23. The maximum Gasteiger partial charge on any atom is 0.282 e. The highest BCUT2D eigenvalue weighted by molar-refractivity contribution is 9.10. The van der Waals surface area contributed by atoms with Crippen molar-refractivity contribution in [2.45, 2.75) is 32.6 Å². The number of allylic oxidation sites excluding steroid dienone is 1. The molecule has 9 nitrogen and oxygen atoms in total. The maximum absolute atomic E-state index is 13.5. The van der Waals surface area contributed by atoms with Gasteiger partial charge >= 0.3 is 0 Å². The number of carbonyl (C=O) groups excluding carboxylic acids is 1. The van der Waals surface area contributed by atoms with Gasteiger partial charge in [0, 0.05) is 28.5 Å². The molecule has 0 aliphatic carbocycles. The standard InChI is InChI=1S/C29H33BrN4O5/c1-6-7-20-14-19(15-24(37-5)26(20)39-18-25(35)33-10-12-38-13-11-33)17-31-34-27(36)22-16-21(30)8-9-23(22)32-28(34)29(2,3)4/h6,8-9,14-17H,1,7,10-13,18H2,2-5H3. The smallest absolute Gasteiger partial charge is 0.282 e. The minimum atomic E-state index is -0.436. The van der Waals surface area contributed by atoms with Gasteiger partial charge in [-0.1, -0.05) is 42.8 Å². The second-order valence-electron chi connectivity index (χ2n) is 10.2. The second kappa shape index (κ2) is 12.1. The Labute approximate surface area is 236 Å². The van der Waals surface area contributed by atoms with E-state index in [1.165, 1.54) is 11.8 Å². The van der Waals surface area contributed by atoms with Crippen molar-refractivity contribution >= 4 is 39.0 Å².